The molecule has 1 amide bonds. The maximum atomic E-state index is 12.6. The van der Waals surface area contributed by atoms with Gasteiger partial charge in [0.05, 0.1) is 13.0 Å². The molecule has 0 radical (unpaired) electrons. The van der Waals surface area contributed by atoms with Crippen molar-refractivity contribution in [1.29, 1.82) is 0 Å². The van der Waals surface area contributed by atoms with Crippen LogP contribution < -0.4 is 0 Å². The van der Waals surface area contributed by atoms with Crippen molar-refractivity contribution < 1.29 is 9.90 Å². The predicted molar refractivity (Wildman–Crippen MR) is 84.1 cm³/mol. The third-order valence-electron chi connectivity index (χ3n) is 4.40. The molecule has 1 aliphatic carbocycles. The fourth-order valence-corrected chi connectivity index (χ4v) is 3.03. The van der Waals surface area contributed by atoms with Crippen molar-refractivity contribution in [3.05, 3.63) is 48.0 Å². The molecule has 0 heterocycles. The molecular weight excluding hydrogens is 262 g/mol. The van der Waals surface area contributed by atoms with Crippen molar-refractivity contribution in [2.75, 3.05) is 13.2 Å². The van der Waals surface area contributed by atoms with Gasteiger partial charge in [0, 0.05) is 12.6 Å². The quantitative estimate of drug-likeness (QED) is 0.916. The lowest BCUT2D eigenvalue weighted by Gasteiger charge is -2.37. The lowest BCUT2D eigenvalue weighted by molar-refractivity contribution is -0.135. The van der Waals surface area contributed by atoms with Crippen LogP contribution in [0.1, 0.15) is 24.8 Å². The lowest BCUT2D eigenvalue weighted by atomic mass is 9.91. The molecule has 0 aliphatic heterocycles. The van der Waals surface area contributed by atoms with Gasteiger partial charge in [0.1, 0.15) is 0 Å². The van der Waals surface area contributed by atoms with Crippen LogP contribution in [0.2, 0.25) is 0 Å². The van der Waals surface area contributed by atoms with E-state index in [1.807, 2.05) is 29.2 Å². The molecule has 3 rings (SSSR count). The third-order valence-corrected chi connectivity index (χ3v) is 4.40. The van der Waals surface area contributed by atoms with Crippen LogP contribution in [0, 0.1) is 0 Å². The Morgan fingerprint density at radius 3 is 2.62 bits per heavy atom. The second kappa shape index (κ2) is 6.27. The average molecular weight is 283 g/mol. The van der Waals surface area contributed by atoms with E-state index in [1.54, 1.807) is 0 Å². The molecule has 0 bridgehead atoms. The Balaban J connectivity index is 1.81. The van der Waals surface area contributed by atoms with E-state index < -0.39 is 0 Å². The van der Waals surface area contributed by atoms with Gasteiger partial charge in [0.25, 0.3) is 0 Å². The zero-order chi connectivity index (χ0) is 14.7. The molecule has 0 saturated heterocycles. The summed E-state index contributed by atoms with van der Waals surface area (Å²) in [5, 5.41) is 11.5. The summed E-state index contributed by atoms with van der Waals surface area (Å²) >= 11 is 0. The SMILES string of the molecule is O=C(Cc1cccc2ccccc12)N(CCO)C1CCC1. The molecule has 1 aliphatic rings. The molecule has 0 atom stereocenters. The summed E-state index contributed by atoms with van der Waals surface area (Å²) in [4.78, 5) is 14.5. The summed E-state index contributed by atoms with van der Waals surface area (Å²) in [6.45, 7) is 0.492. The molecule has 3 heteroatoms. The summed E-state index contributed by atoms with van der Waals surface area (Å²) < 4.78 is 0. The van der Waals surface area contributed by atoms with Gasteiger partial charge in [0.2, 0.25) is 5.91 Å². The van der Waals surface area contributed by atoms with Gasteiger partial charge in [-0.25, -0.2) is 0 Å². The summed E-state index contributed by atoms with van der Waals surface area (Å²) in [6.07, 6.45) is 3.74. The minimum atomic E-state index is 0.0395. The highest BCUT2D eigenvalue weighted by molar-refractivity contribution is 5.90. The van der Waals surface area contributed by atoms with Gasteiger partial charge in [-0.05, 0) is 35.6 Å². The zero-order valence-electron chi connectivity index (χ0n) is 12.2. The fraction of sp³-hybridized carbons (Fsp3) is 0.389. The summed E-state index contributed by atoms with van der Waals surface area (Å²) in [5.74, 6) is 0.130. The number of hydrogen-bond donors (Lipinski definition) is 1. The van der Waals surface area contributed by atoms with Crippen molar-refractivity contribution in [3.8, 4) is 0 Å². The number of nitrogens with zero attached hydrogens (tertiary/aromatic N) is 1. The largest absolute Gasteiger partial charge is 0.395 e. The van der Waals surface area contributed by atoms with Gasteiger partial charge in [0.15, 0.2) is 0 Å². The highest BCUT2D eigenvalue weighted by Crippen LogP contribution is 2.26. The molecule has 0 unspecified atom stereocenters. The first-order chi connectivity index (χ1) is 10.3. The van der Waals surface area contributed by atoms with E-state index >= 15 is 0 Å². The van der Waals surface area contributed by atoms with Gasteiger partial charge in [-0.15, -0.1) is 0 Å². The average Bonchev–Trinajstić information content (AvgIpc) is 2.45. The maximum Gasteiger partial charge on any atom is 0.227 e. The number of carbonyl (C=O) groups excluding carboxylic acids is 1. The summed E-state index contributed by atoms with van der Waals surface area (Å²) in [7, 11) is 0. The topological polar surface area (TPSA) is 40.5 Å². The van der Waals surface area contributed by atoms with Crippen LogP contribution in [0.4, 0.5) is 0 Å². The number of hydrogen-bond acceptors (Lipinski definition) is 2. The van der Waals surface area contributed by atoms with Crippen molar-refractivity contribution in [2.45, 2.75) is 31.7 Å². The van der Waals surface area contributed by atoms with E-state index in [-0.39, 0.29) is 12.5 Å². The minimum absolute atomic E-state index is 0.0395. The molecule has 110 valence electrons. The first-order valence-electron chi connectivity index (χ1n) is 7.66. The monoisotopic (exact) mass is 283 g/mol. The van der Waals surface area contributed by atoms with Gasteiger partial charge >= 0.3 is 0 Å². The minimum Gasteiger partial charge on any atom is -0.395 e. The van der Waals surface area contributed by atoms with Crippen molar-refractivity contribution in [2.24, 2.45) is 0 Å². The van der Waals surface area contributed by atoms with Crippen LogP contribution in [-0.4, -0.2) is 35.1 Å². The number of carbonyl (C=O) groups is 1. The molecule has 1 N–H and O–H groups in total. The Hall–Kier alpha value is -1.87. The van der Waals surface area contributed by atoms with Gasteiger partial charge in [-0.1, -0.05) is 42.5 Å². The molecule has 1 fully saturated rings. The summed E-state index contributed by atoms with van der Waals surface area (Å²) in [5.41, 5.74) is 1.07. The van der Waals surface area contributed by atoms with Crippen LogP contribution in [0.5, 0.6) is 0 Å². The first-order valence-corrected chi connectivity index (χ1v) is 7.66. The van der Waals surface area contributed by atoms with Crippen LogP contribution in [0.3, 0.4) is 0 Å². The van der Waals surface area contributed by atoms with Crippen molar-refractivity contribution in [1.82, 2.24) is 4.90 Å². The van der Waals surface area contributed by atoms with Crippen LogP contribution in [0.25, 0.3) is 10.8 Å². The Labute approximate surface area is 125 Å². The maximum absolute atomic E-state index is 12.6. The zero-order valence-corrected chi connectivity index (χ0v) is 12.2. The number of fused-ring (bicyclic) bond motifs is 1. The number of aliphatic hydroxyl groups excluding tert-OH is 1. The Bertz CT molecular complexity index is 629. The fourth-order valence-electron chi connectivity index (χ4n) is 3.03. The van der Waals surface area contributed by atoms with E-state index in [1.165, 1.54) is 11.8 Å². The van der Waals surface area contributed by atoms with E-state index in [4.69, 9.17) is 0 Å². The van der Waals surface area contributed by atoms with Gasteiger partial charge in [-0.3, -0.25) is 4.79 Å². The molecule has 21 heavy (non-hydrogen) atoms. The number of rotatable bonds is 5. The predicted octanol–water partition coefficient (Wildman–Crippen LogP) is 2.76. The molecular formula is C18H21NO2. The second-order valence-corrected chi connectivity index (χ2v) is 5.71. The van der Waals surface area contributed by atoms with Gasteiger partial charge < -0.3 is 10.0 Å². The third kappa shape index (κ3) is 2.93. The van der Waals surface area contributed by atoms with Crippen LogP contribution >= 0.6 is 0 Å². The van der Waals surface area contributed by atoms with E-state index in [0.29, 0.717) is 19.0 Å². The highest BCUT2D eigenvalue weighted by atomic mass is 16.3. The normalized spacial score (nSPS) is 14.9. The van der Waals surface area contributed by atoms with E-state index in [2.05, 4.69) is 18.2 Å². The van der Waals surface area contributed by atoms with E-state index in [0.717, 1.165) is 23.8 Å². The van der Waals surface area contributed by atoms with Crippen molar-refractivity contribution in [3.63, 3.8) is 0 Å². The molecule has 0 aromatic heterocycles. The standard InChI is InChI=1S/C18H21NO2/c20-12-11-19(16-8-4-9-16)18(21)13-15-7-3-6-14-5-1-2-10-17(14)15/h1-3,5-7,10,16,20H,4,8-9,11-13H2. The summed E-state index contributed by atoms with van der Waals surface area (Å²) in [6, 6.07) is 14.6. The van der Waals surface area contributed by atoms with Crippen LogP contribution in [-0.2, 0) is 11.2 Å². The Kier molecular flexibility index (Phi) is 4.20. The molecule has 2 aromatic carbocycles. The van der Waals surface area contributed by atoms with Gasteiger partial charge in [-0.2, -0.15) is 0 Å². The Morgan fingerprint density at radius 2 is 1.90 bits per heavy atom. The second-order valence-electron chi connectivity index (χ2n) is 5.71. The molecule has 2 aromatic rings. The van der Waals surface area contributed by atoms with E-state index in [9.17, 15) is 9.90 Å². The van der Waals surface area contributed by atoms with Crippen LogP contribution in [0.15, 0.2) is 42.5 Å². The first kappa shape index (κ1) is 14.1. The number of aliphatic hydroxyl groups is 1. The highest BCUT2D eigenvalue weighted by Gasteiger charge is 2.28. The number of benzene rings is 2. The molecule has 1 saturated carbocycles. The Morgan fingerprint density at radius 1 is 1.14 bits per heavy atom. The molecule has 0 spiro atoms. The smallest absolute Gasteiger partial charge is 0.227 e. The lowest BCUT2D eigenvalue weighted by Crippen LogP contribution is -2.46. The number of amides is 1. The molecule has 3 nitrogen and oxygen atoms in total. The van der Waals surface area contributed by atoms with Crippen molar-refractivity contribution >= 4 is 16.7 Å².